The molecule has 0 aromatic heterocycles. The molecule has 7 atom stereocenters. The van der Waals surface area contributed by atoms with Gasteiger partial charge in [-0.25, -0.2) is 0 Å². The molecule has 8 nitrogen and oxygen atoms in total. The van der Waals surface area contributed by atoms with Crippen LogP contribution in [0, 0.1) is 0 Å². The first kappa shape index (κ1) is 22.0. The first-order chi connectivity index (χ1) is 11.8. The fourth-order valence-electron chi connectivity index (χ4n) is 2.73. The van der Waals surface area contributed by atoms with E-state index in [1.165, 1.54) is 6.08 Å². The zero-order valence-corrected chi connectivity index (χ0v) is 14.9. The molecular formula is C17H32N2O6. The van der Waals surface area contributed by atoms with Crippen molar-refractivity contribution in [1.29, 1.82) is 0 Å². The van der Waals surface area contributed by atoms with Crippen LogP contribution >= 0.6 is 0 Å². The first-order valence-corrected chi connectivity index (χ1v) is 8.91. The molecule has 0 aromatic rings. The van der Waals surface area contributed by atoms with Gasteiger partial charge >= 0.3 is 0 Å². The molecule has 146 valence electrons. The van der Waals surface area contributed by atoms with Gasteiger partial charge in [-0.2, -0.15) is 0 Å². The van der Waals surface area contributed by atoms with Gasteiger partial charge in [0, 0.05) is 19.4 Å². The monoisotopic (exact) mass is 360 g/mol. The second kappa shape index (κ2) is 10.8. The van der Waals surface area contributed by atoms with Crippen LogP contribution in [0.2, 0.25) is 0 Å². The summed E-state index contributed by atoms with van der Waals surface area (Å²) >= 11 is 0. The van der Waals surface area contributed by atoms with Gasteiger partial charge in [-0.15, -0.1) is 0 Å². The fourth-order valence-corrected chi connectivity index (χ4v) is 2.73. The number of carbonyl (C=O) groups excluding carboxylic acids is 1. The highest BCUT2D eigenvalue weighted by Crippen LogP contribution is 2.14. The Morgan fingerprint density at radius 3 is 2.40 bits per heavy atom. The molecule has 7 unspecified atom stereocenters. The van der Waals surface area contributed by atoms with Gasteiger partial charge in [-0.3, -0.25) is 4.79 Å². The van der Waals surface area contributed by atoms with Crippen LogP contribution in [0.25, 0.3) is 0 Å². The Labute approximate surface area is 148 Å². The lowest BCUT2D eigenvalue weighted by atomic mass is 9.93. The van der Waals surface area contributed by atoms with Crippen molar-refractivity contribution in [2.45, 2.75) is 82.1 Å². The molecule has 7 N–H and O–H groups in total. The van der Waals surface area contributed by atoms with Crippen LogP contribution in [0.15, 0.2) is 12.2 Å². The van der Waals surface area contributed by atoms with Crippen molar-refractivity contribution in [1.82, 2.24) is 10.6 Å². The van der Waals surface area contributed by atoms with E-state index in [1.807, 2.05) is 6.92 Å². The third kappa shape index (κ3) is 7.01. The van der Waals surface area contributed by atoms with E-state index in [2.05, 4.69) is 10.6 Å². The Bertz CT molecular complexity index is 433. The summed E-state index contributed by atoms with van der Waals surface area (Å²) < 4.78 is 0. The van der Waals surface area contributed by atoms with E-state index in [4.69, 9.17) is 0 Å². The van der Waals surface area contributed by atoms with Crippen molar-refractivity contribution < 1.29 is 30.3 Å². The molecule has 0 aromatic carbocycles. The van der Waals surface area contributed by atoms with E-state index in [0.717, 1.165) is 0 Å². The summed E-state index contributed by atoms with van der Waals surface area (Å²) in [5.41, 5.74) is 0. The van der Waals surface area contributed by atoms with Gasteiger partial charge in [0.25, 0.3) is 0 Å². The highest BCUT2D eigenvalue weighted by Gasteiger charge is 2.33. The Morgan fingerprint density at radius 1 is 1.12 bits per heavy atom. The van der Waals surface area contributed by atoms with Gasteiger partial charge in [0.05, 0.1) is 24.3 Å². The molecule has 1 amide bonds. The zero-order chi connectivity index (χ0) is 19.0. The Kier molecular flexibility index (Phi) is 9.55. The van der Waals surface area contributed by atoms with E-state index >= 15 is 0 Å². The number of aliphatic hydroxyl groups excluding tert-OH is 5. The number of hydrogen-bond donors (Lipinski definition) is 7. The molecule has 0 saturated heterocycles. The highest BCUT2D eigenvalue weighted by atomic mass is 16.4. The molecule has 0 radical (unpaired) electrons. The number of carbonyl (C=O) groups is 1. The lowest BCUT2D eigenvalue weighted by molar-refractivity contribution is -0.122. The van der Waals surface area contributed by atoms with Crippen LogP contribution in [0.5, 0.6) is 0 Å². The molecule has 1 rings (SSSR count). The van der Waals surface area contributed by atoms with E-state index in [0.29, 0.717) is 19.3 Å². The summed E-state index contributed by atoms with van der Waals surface area (Å²) in [6.07, 6.45) is -0.706. The smallest absolute Gasteiger partial charge is 0.220 e. The van der Waals surface area contributed by atoms with Crippen LogP contribution in [-0.4, -0.2) is 80.6 Å². The molecule has 0 fully saturated rings. The molecule has 0 spiro atoms. The van der Waals surface area contributed by atoms with Gasteiger partial charge < -0.3 is 36.2 Å². The van der Waals surface area contributed by atoms with Crippen LogP contribution in [0.1, 0.15) is 39.5 Å². The van der Waals surface area contributed by atoms with Gasteiger partial charge in [0.1, 0.15) is 18.3 Å². The van der Waals surface area contributed by atoms with Crippen LogP contribution in [0.4, 0.5) is 0 Å². The van der Waals surface area contributed by atoms with Crippen molar-refractivity contribution >= 4 is 5.91 Å². The lowest BCUT2D eigenvalue weighted by Gasteiger charge is -2.33. The minimum Gasteiger partial charge on any atom is -0.393 e. The zero-order valence-electron chi connectivity index (χ0n) is 14.9. The maximum absolute atomic E-state index is 11.9. The Hall–Kier alpha value is -1.03. The Balaban J connectivity index is 2.68. The summed E-state index contributed by atoms with van der Waals surface area (Å²) in [5, 5.41) is 55.0. The van der Waals surface area contributed by atoms with Gasteiger partial charge in [-0.05, 0) is 12.8 Å². The van der Waals surface area contributed by atoms with E-state index < -0.39 is 42.6 Å². The Morgan fingerprint density at radius 2 is 1.80 bits per heavy atom. The standard InChI is InChI=1S/C17H32N2O6/c1-3-5-15(23)19-12(14(22)8-10(20)4-2)9-18-11-6-7-13(21)17(25)16(11)24/h6-7,10-14,16-18,20-22,24-25H,3-5,8-9H2,1-2H3,(H,19,23). The molecule has 0 heterocycles. The number of hydrogen-bond acceptors (Lipinski definition) is 7. The highest BCUT2D eigenvalue weighted by molar-refractivity contribution is 5.76. The van der Waals surface area contributed by atoms with Crippen molar-refractivity contribution in [2.75, 3.05) is 6.54 Å². The quantitative estimate of drug-likeness (QED) is 0.233. The summed E-state index contributed by atoms with van der Waals surface area (Å²) in [6, 6.07) is -1.27. The average molecular weight is 360 g/mol. The summed E-state index contributed by atoms with van der Waals surface area (Å²) in [6.45, 7) is 3.82. The summed E-state index contributed by atoms with van der Waals surface area (Å²) in [7, 11) is 0. The van der Waals surface area contributed by atoms with Crippen molar-refractivity contribution in [2.24, 2.45) is 0 Å². The lowest BCUT2D eigenvalue weighted by Crippen LogP contribution is -2.56. The third-order valence-electron chi connectivity index (χ3n) is 4.43. The van der Waals surface area contributed by atoms with E-state index in [9.17, 15) is 30.3 Å². The average Bonchev–Trinajstić information content (AvgIpc) is 2.57. The molecule has 8 heteroatoms. The van der Waals surface area contributed by atoms with Crippen molar-refractivity contribution in [3.63, 3.8) is 0 Å². The van der Waals surface area contributed by atoms with Crippen molar-refractivity contribution in [3.8, 4) is 0 Å². The number of aliphatic hydroxyl groups is 5. The van der Waals surface area contributed by atoms with Gasteiger partial charge in [0.15, 0.2) is 0 Å². The molecule has 0 bridgehead atoms. The number of amides is 1. The molecule has 1 aliphatic rings. The second-order valence-electron chi connectivity index (χ2n) is 6.58. The SMILES string of the molecule is CCCC(=O)NC(CNC1C=CC(O)C(O)C1O)C(O)CC(O)CC. The van der Waals surface area contributed by atoms with Crippen molar-refractivity contribution in [3.05, 3.63) is 12.2 Å². The van der Waals surface area contributed by atoms with Gasteiger partial charge in [-0.1, -0.05) is 26.0 Å². The van der Waals surface area contributed by atoms with Gasteiger partial charge in [0.2, 0.25) is 5.91 Å². The second-order valence-corrected chi connectivity index (χ2v) is 6.58. The number of nitrogens with one attached hydrogen (secondary N) is 2. The van der Waals surface area contributed by atoms with E-state index in [-0.39, 0.29) is 18.9 Å². The van der Waals surface area contributed by atoms with Crippen LogP contribution in [-0.2, 0) is 4.79 Å². The number of rotatable bonds is 10. The molecule has 0 aliphatic heterocycles. The molecule has 25 heavy (non-hydrogen) atoms. The minimum atomic E-state index is -1.30. The normalized spacial score (nSPS) is 29.9. The maximum Gasteiger partial charge on any atom is 0.220 e. The third-order valence-corrected chi connectivity index (χ3v) is 4.43. The summed E-state index contributed by atoms with van der Waals surface area (Å²) in [5.74, 6) is -0.200. The molecular weight excluding hydrogens is 328 g/mol. The maximum atomic E-state index is 11.9. The first-order valence-electron chi connectivity index (χ1n) is 8.91. The van der Waals surface area contributed by atoms with E-state index in [1.54, 1.807) is 13.0 Å². The molecule has 1 aliphatic carbocycles. The van der Waals surface area contributed by atoms with Crippen LogP contribution < -0.4 is 10.6 Å². The predicted molar refractivity (Wildman–Crippen MR) is 92.7 cm³/mol. The topological polar surface area (TPSA) is 142 Å². The minimum absolute atomic E-state index is 0.125. The molecule has 0 saturated carbocycles. The largest absolute Gasteiger partial charge is 0.393 e. The summed E-state index contributed by atoms with van der Waals surface area (Å²) in [4.78, 5) is 11.9. The fraction of sp³-hybridized carbons (Fsp3) is 0.824. The predicted octanol–water partition coefficient (Wildman–Crippen LogP) is -1.60. The van der Waals surface area contributed by atoms with Crippen LogP contribution in [0.3, 0.4) is 0 Å².